The van der Waals surface area contributed by atoms with E-state index in [2.05, 4.69) is 50.4 Å². The fraction of sp³-hybridized carbons (Fsp3) is 0.565. The maximum Gasteiger partial charge on any atom is 0.397 e. The fourth-order valence-corrected chi connectivity index (χ4v) is 14.2. The van der Waals surface area contributed by atoms with Gasteiger partial charge in [-0.05, 0) is 44.7 Å². The van der Waals surface area contributed by atoms with Gasteiger partial charge in [0.05, 0.1) is 27.4 Å². The Hall–Kier alpha value is -4.31. The van der Waals surface area contributed by atoms with Crippen molar-refractivity contribution in [2.24, 2.45) is 5.11 Å². The van der Waals surface area contributed by atoms with Crippen molar-refractivity contribution in [1.29, 1.82) is 0 Å². The highest BCUT2D eigenvalue weighted by Crippen LogP contribution is 2.40. The molecule has 0 aromatic heterocycles. The van der Waals surface area contributed by atoms with Crippen LogP contribution in [0, 0.1) is 0 Å². The Labute approximate surface area is 405 Å². The first-order valence-electron chi connectivity index (χ1n) is 22.3. The van der Waals surface area contributed by atoms with E-state index in [9.17, 15) is 28.1 Å². The van der Waals surface area contributed by atoms with Gasteiger partial charge in [-0.15, -0.1) is 0 Å². The standard InChI is InChI=1S/C46H65N3O17SSi2/c1-30(50)62-42-39(60-29-58-25-26-68(8,9)10)40(41(43(51)56-6)65-45(42)57-7)64-44-36(48-49-47)38(66-67(52,53)54)37(59-27-31-21-23-32(55-5)24-22-31)35(63-44)28-61-69(46(2,3)4,33-17-13-11-14-18-33)34-19-15-12-16-20-34/h11-24,35-42,44-45H,25-29H2,1-10H3,(H,52,53,54)/t35-,36-,37-,38-,39+,40+,41+,42-,44-,45+/m1/s1. The molecule has 23 heteroatoms. The fourth-order valence-electron chi connectivity index (χ4n) is 8.34. The van der Waals surface area contributed by atoms with E-state index in [4.69, 9.17) is 56.0 Å². The molecule has 0 spiro atoms. The molecule has 2 heterocycles. The highest BCUT2D eigenvalue weighted by Gasteiger charge is 2.58. The molecule has 0 saturated carbocycles. The van der Waals surface area contributed by atoms with E-state index in [1.165, 1.54) is 14.2 Å². The van der Waals surface area contributed by atoms with Gasteiger partial charge in [0.1, 0.15) is 49.1 Å². The third kappa shape index (κ3) is 14.6. The first-order valence-corrected chi connectivity index (χ1v) is 29.3. The summed E-state index contributed by atoms with van der Waals surface area (Å²) in [5.41, 5.74) is 10.7. The number of ether oxygens (including phenoxy) is 10. The zero-order chi connectivity index (χ0) is 50.6. The summed E-state index contributed by atoms with van der Waals surface area (Å²) in [5, 5.41) is 5.14. The second-order valence-electron chi connectivity index (χ2n) is 18.7. The van der Waals surface area contributed by atoms with Crippen LogP contribution in [0.1, 0.15) is 33.3 Å². The molecule has 0 bridgehead atoms. The minimum absolute atomic E-state index is 0.176. The van der Waals surface area contributed by atoms with Crippen LogP contribution < -0.4 is 15.1 Å². The number of azide groups is 1. The van der Waals surface area contributed by atoms with Crippen molar-refractivity contribution in [3.63, 3.8) is 0 Å². The predicted octanol–water partition coefficient (Wildman–Crippen LogP) is 5.31. The quantitative estimate of drug-likeness (QED) is 0.0185. The molecule has 5 rings (SSSR count). The molecule has 1 N–H and O–H groups in total. The SMILES string of the molecule is COC(=O)[C@H]1O[C@H](OC)[C@H](OC(C)=O)[C@@H](OCOCC[Si](C)(C)C)[C@@H]1O[C@H]1O[C@H](CO[Si](c2ccccc2)(c2ccccc2)C(C)(C)C)[C@@H](OCc2ccc(OC)cc2)[C@H](OS(=O)(=O)O)[C@H]1N=[N+]=[N-]. The van der Waals surface area contributed by atoms with Gasteiger partial charge < -0.3 is 51.8 Å². The minimum atomic E-state index is -5.37. The smallest absolute Gasteiger partial charge is 0.397 e. The molecule has 0 amide bonds. The number of benzene rings is 3. The lowest BCUT2D eigenvalue weighted by molar-refractivity contribution is -0.347. The molecule has 380 valence electrons. The number of carbonyl (C=O) groups excluding carboxylic acids is 2. The Morgan fingerprint density at radius 2 is 1.45 bits per heavy atom. The van der Waals surface area contributed by atoms with Gasteiger partial charge in [0.25, 0.3) is 8.32 Å². The molecule has 0 radical (unpaired) electrons. The molecule has 3 aromatic rings. The lowest BCUT2D eigenvalue weighted by atomic mass is 9.95. The zero-order valence-corrected chi connectivity index (χ0v) is 43.4. The number of hydrogen-bond acceptors (Lipinski definition) is 17. The maximum absolute atomic E-state index is 13.7. The number of methoxy groups -OCH3 is 3. The predicted molar refractivity (Wildman–Crippen MR) is 255 cm³/mol. The number of esters is 2. The summed E-state index contributed by atoms with van der Waals surface area (Å²) >= 11 is 0. The highest BCUT2D eigenvalue weighted by molar-refractivity contribution is 7.80. The summed E-state index contributed by atoms with van der Waals surface area (Å²) in [6.07, 6.45) is -14.2. The second-order valence-corrected chi connectivity index (χ2v) is 29.6. The van der Waals surface area contributed by atoms with Gasteiger partial charge in [0.2, 0.25) is 0 Å². The Bertz CT molecular complexity index is 2230. The van der Waals surface area contributed by atoms with E-state index in [1.54, 1.807) is 24.3 Å². The van der Waals surface area contributed by atoms with Gasteiger partial charge in [-0.25, -0.2) is 8.98 Å². The van der Waals surface area contributed by atoms with Crippen molar-refractivity contribution < 1.29 is 78.5 Å². The van der Waals surface area contributed by atoms with Crippen LogP contribution in [0.4, 0.5) is 0 Å². The summed E-state index contributed by atoms with van der Waals surface area (Å²) in [7, 11) is -6.42. The molecule has 2 saturated heterocycles. The van der Waals surface area contributed by atoms with E-state index in [0.717, 1.165) is 30.5 Å². The van der Waals surface area contributed by atoms with Crippen molar-refractivity contribution in [2.45, 2.75) is 126 Å². The molecule has 69 heavy (non-hydrogen) atoms. The highest BCUT2D eigenvalue weighted by atomic mass is 32.3. The Morgan fingerprint density at radius 1 is 0.826 bits per heavy atom. The number of carbonyl (C=O) groups is 2. The molecular weight excluding hydrogens is 955 g/mol. The van der Waals surface area contributed by atoms with Crippen LogP contribution in [0.25, 0.3) is 10.4 Å². The Balaban J connectivity index is 1.67. The molecule has 0 aliphatic carbocycles. The van der Waals surface area contributed by atoms with Gasteiger partial charge in [0.15, 0.2) is 24.8 Å². The van der Waals surface area contributed by atoms with Gasteiger partial charge in [-0.3, -0.25) is 9.35 Å². The van der Waals surface area contributed by atoms with E-state index in [1.807, 2.05) is 60.7 Å². The lowest BCUT2D eigenvalue weighted by Crippen LogP contribution is -2.69. The van der Waals surface area contributed by atoms with E-state index >= 15 is 0 Å². The number of nitrogens with zero attached hydrogens (tertiary/aromatic N) is 3. The van der Waals surface area contributed by atoms with Crippen molar-refractivity contribution in [3.05, 3.63) is 101 Å². The van der Waals surface area contributed by atoms with Crippen molar-refractivity contribution >= 4 is 49.1 Å². The molecule has 2 fully saturated rings. The van der Waals surface area contributed by atoms with Crippen molar-refractivity contribution in [1.82, 2.24) is 0 Å². The Kier molecular flexibility index (Phi) is 19.9. The third-order valence-corrected chi connectivity index (χ3v) is 18.8. The lowest BCUT2D eigenvalue weighted by Gasteiger charge is -2.49. The summed E-state index contributed by atoms with van der Waals surface area (Å²) in [6.45, 7) is 13.3. The van der Waals surface area contributed by atoms with Gasteiger partial charge in [-0.1, -0.05) is 118 Å². The zero-order valence-electron chi connectivity index (χ0n) is 40.6. The number of rotatable bonds is 23. The average Bonchev–Trinajstić information content (AvgIpc) is 3.29. The Morgan fingerprint density at radius 3 is 1.96 bits per heavy atom. The number of hydrogen-bond donors (Lipinski definition) is 1. The van der Waals surface area contributed by atoms with E-state index < -0.39 is 105 Å². The van der Waals surface area contributed by atoms with Crippen molar-refractivity contribution in [2.75, 3.05) is 41.3 Å². The summed E-state index contributed by atoms with van der Waals surface area (Å²) in [6, 6.07) is 25.2. The van der Waals surface area contributed by atoms with E-state index in [-0.39, 0.29) is 20.0 Å². The molecule has 2 aliphatic rings. The topological polar surface area (TPSA) is 248 Å². The van der Waals surface area contributed by atoms with Gasteiger partial charge in [-0.2, -0.15) is 8.42 Å². The van der Waals surface area contributed by atoms with Crippen LogP contribution in [0.15, 0.2) is 90.0 Å². The molecule has 3 aromatic carbocycles. The summed E-state index contributed by atoms with van der Waals surface area (Å²) in [5.74, 6) is -1.18. The van der Waals surface area contributed by atoms with Crippen LogP contribution in [0.5, 0.6) is 5.75 Å². The molecule has 20 nitrogen and oxygen atoms in total. The van der Waals surface area contributed by atoms with Crippen LogP contribution in [0.2, 0.25) is 30.7 Å². The molecule has 2 aliphatic heterocycles. The largest absolute Gasteiger partial charge is 0.497 e. The molecular formula is C46H65N3O17SSi2. The first kappa shape index (κ1) is 55.6. The summed E-state index contributed by atoms with van der Waals surface area (Å²) in [4.78, 5) is 29.3. The molecule has 10 atom stereocenters. The van der Waals surface area contributed by atoms with Crippen LogP contribution in [-0.2, 0) is 77.8 Å². The van der Waals surface area contributed by atoms with Gasteiger partial charge >= 0.3 is 22.3 Å². The summed E-state index contributed by atoms with van der Waals surface area (Å²) < 4.78 is 109. The van der Waals surface area contributed by atoms with Crippen LogP contribution >= 0.6 is 0 Å². The second kappa shape index (κ2) is 24.7. The molecule has 0 unspecified atom stereocenters. The first-order chi connectivity index (χ1) is 32.7. The maximum atomic E-state index is 13.7. The third-order valence-electron chi connectivity index (χ3n) is 11.6. The normalized spacial score (nSPS) is 25.6. The minimum Gasteiger partial charge on any atom is -0.497 e. The van der Waals surface area contributed by atoms with Crippen LogP contribution in [-0.4, -0.2) is 144 Å². The van der Waals surface area contributed by atoms with E-state index in [0.29, 0.717) is 17.9 Å². The van der Waals surface area contributed by atoms with Gasteiger partial charge in [0, 0.05) is 33.6 Å². The van der Waals surface area contributed by atoms with Crippen molar-refractivity contribution in [3.8, 4) is 5.75 Å². The monoisotopic (exact) mass is 1020 g/mol. The van der Waals surface area contributed by atoms with Crippen LogP contribution in [0.3, 0.4) is 0 Å². The average molecular weight is 1020 g/mol.